The highest BCUT2D eigenvalue weighted by molar-refractivity contribution is 7.57. The van der Waals surface area contributed by atoms with Crippen LogP contribution in [0.3, 0.4) is 0 Å². The first-order chi connectivity index (χ1) is 8.31. The molecule has 0 saturated heterocycles. The fourth-order valence-corrected chi connectivity index (χ4v) is 2.53. The van der Waals surface area contributed by atoms with Crippen molar-refractivity contribution in [3.63, 3.8) is 0 Å². The fraction of sp³-hybridized carbons (Fsp3) is 0.625. The first kappa shape index (κ1) is 16.3. The Bertz CT molecular complexity index is 498. The minimum Gasteiger partial charge on any atom is -0.443 e. The molecule has 0 aliphatic heterocycles. The molecule has 0 unspecified atom stereocenters. The number of hydrogen-bond donors (Lipinski definition) is 0. The fourth-order valence-electron chi connectivity index (χ4n) is 1.90. The number of hydrogen-bond acceptors (Lipinski definition) is 2. The standard InChI is InChI=1S/C16H27O2P/c1-15(2,3)12-9-10-14(18-19(7,8)17)13(11-12)16(4,5)6/h9-11H,1-8H3. The lowest BCUT2D eigenvalue weighted by atomic mass is 9.80. The lowest BCUT2D eigenvalue weighted by Gasteiger charge is -2.27. The summed E-state index contributed by atoms with van der Waals surface area (Å²) in [7, 11) is -2.54. The summed E-state index contributed by atoms with van der Waals surface area (Å²) in [6, 6.07) is 6.21. The van der Waals surface area contributed by atoms with Gasteiger partial charge in [-0.05, 0) is 22.5 Å². The van der Waals surface area contributed by atoms with Crippen LogP contribution >= 0.6 is 7.37 Å². The second-order valence-electron chi connectivity index (χ2n) is 7.55. The van der Waals surface area contributed by atoms with E-state index in [1.807, 2.05) is 6.07 Å². The summed E-state index contributed by atoms with van der Waals surface area (Å²) in [4.78, 5) is 0. The molecule has 0 fully saturated rings. The van der Waals surface area contributed by atoms with Crippen LogP contribution in [-0.4, -0.2) is 13.3 Å². The molecule has 0 saturated carbocycles. The van der Waals surface area contributed by atoms with Crippen LogP contribution in [0.4, 0.5) is 0 Å². The minimum atomic E-state index is -2.54. The van der Waals surface area contributed by atoms with E-state index in [4.69, 9.17) is 4.52 Å². The van der Waals surface area contributed by atoms with Crippen molar-refractivity contribution in [3.8, 4) is 5.75 Å². The lowest BCUT2D eigenvalue weighted by molar-refractivity contribution is 0.476. The van der Waals surface area contributed by atoms with E-state index in [0.717, 1.165) is 11.3 Å². The maximum Gasteiger partial charge on any atom is 0.242 e. The highest BCUT2D eigenvalue weighted by atomic mass is 31.2. The van der Waals surface area contributed by atoms with Crippen LogP contribution in [0.5, 0.6) is 5.75 Å². The summed E-state index contributed by atoms with van der Waals surface area (Å²) in [6.07, 6.45) is 0. The highest BCUT2D eigenvalue weighted by Crippen LogP contribution is 2.44. The second-order valence-corrected chi connectivity index (χ2v) is 10.2. The van der Waals surface area contributed by atoms with Gasteiger partial charge in [-0.3, -0.25) is 4.57 Å². The summed E-state index contributed by atoms with van der Waals surface area (Å²) in [5, 5.41) is 0. The molecule has 0 aliphatic carbocycles. The zero-order chi connectivity index (χ0) is 15.1. The maximum absolute atomic E-state index is 11.9. The monoisotopic (exact) mass is 282 g/mol. The largest absolute Gasteiger partial charge is 0.443 e. The highest BCUT2D eigenvalue weighted by Gasteiger charge is 2.24. The summed E-state index contributed by atoms with van der Waals surface area (Å²) in [5.74, 6) is 0.744. The molecule has 0 amide bonds. The van der Waals surface area contributed by atoms with Gasteiger partial charge in [-0.25, -0.2) is 0 Å². The van der Waals surface area contributed by atoms with Gasteiger partial charge < -0.3 is 4.52 Å². The first-order valence-electron chi connectivity index (χ1n) is 6.70. The van der Waals surface area contributed by atoms with Gasteiger partial charge in [0.1, 0.15) is 5.75 Å². The Balaban J connectivity index is 3.38. The molecule has 0 spiro atoms. The molecule has 0 N–H and O–H groups in total. The average Bonchev–Trinajstić information content (AvgIpc) is 2.11. The number of rotatable bonds is 2. The van der Waals surface area contributed by atoms with Crippen LogP contribution < -0.4 is 4.52 Å². The van der Waals surface area contributed by atoms with Crippen LogP contribution in [0.1, 0.15) is 52.7 Å². The van der Waals surface area contributed by atoms with Crippen molar-refractivity contribution in [1.82, 2.24) is 0 Å². The molecule has 0 heterocycles. The normalized spacial score (nSPS) is 13.5. The van der Waals surface area contributed by atoms with Crippen molar-refractivity contribution < 1.29 is 9.09 Å². The summed E-state index contributed by atoms with van der Waals surface area (Å²) in [6.45, 7) is 16.3. The molecular formula is C16H27O2P. The smallest absolute Gasteiger partial charge is 0.242 e. The predicted molar refractivity (Wildman–Crippen MR) is 83.9 cm³/mol. The molecule has 3 heteroatoms. The molecule has 108 valence electrons. The number of benzene rings is 1. The molecule has 0 bridgehead atoms. The molecule has 19 heavy (non-hydrogen) atoms. The van der Waals surface area contributed by atoms with Gasteiger partial charge in [-0.15, -0.1) is 0 Å². The van der Waals surface area contributed by atoms with E-state index in [1.54, 1.807) is 13.3 Å². The topological polar surface area (TPSA) is 26.3 Å². The molecule has 0 aromatic heterocycles. The Morgan fingerprint density at radius 2 is 1.47 bits per heavy atom. The van der Waals surface area contributed by atoms with E-state index in [1.165, 1.54) is 5.56 Å². The van der Waals surface area contributed by atoms with E-state index >= 15 is 0 Å². The van der Waals surface area contributed by atoms with Crippen molar-refractivity contribution >= 4 is 7.37 Å². The summed E-state index contributed by atoms with van der Waals surface area (Å²) < 4.78 is 17.6. The SMILES string of the molecule is CC(C)(C)c1ccc(OP(C)(C)=O)c(C(C)(C)C)c1. The molecule has 1 rings (SSSR count). The molecule has 2 nitrogen and oxygen atoms in total. The van der Waals surface area contributed by atoms with E-state index in [9.17, 15) is 4.57 Å². The van der Waals surface area contributed by atoms with Crippen LogP contribution in [0, 0.1) is 0 Å². The Hall–Kier alpha value is -0.750. The third-order valence-electron chi connectivity index (χ3n) is 2.97. The van der Waals surface area contributed by atoms with E-state index in [2.05, 4.69) is 53.7 Å². The quantitative estimate of drug-likeness (QED) is 0.697. The molecule has 0 aliphatic rings. The summed E-state index contributed by atoms with van der Waals surface area (Å²) in [5.41, 5.74) is 2.45. The maximum atomic E-state index is 11.9. The third kappa shape index (κ3) is 4.69. The van der Waals surface area contributed by atoms with Crippen molar-refractivity contribution in [1.29, 1.82) is 0 Å². The second kappa shape index (κ2) is 4.98. The molecular weight excluding hydrogens is 255 g/mol. The van der Waals surface area contributed by atoms with E-state index in [0.29, 0.717) is 0 Å². The lowest BCUT2D eigenvalue weighted by Crippen LogP contribution is -2.17. The summed E-state index contributed by atoms with van der Waals surface area (Å²) >= 11 is 0. The van der Waals surface area contributed by atoms with Gasteiger partial charge in [-0.2, -0.15) is 0 Å². The Kier molecular flexibility index (Phi) is 4.27. The third-order valence-corrected chi connectivity index (χ3v) is 3.61. The van der Waals surface area contributed by atoms with Crippen LogP contribution in [-0.2, 0) is 15.4 Å². The van der Waals surface area contributed by atoms with Gasteiger partial charge in [0.15, 0.2) is 0 Å². The zero-order valence-electron chi connectivity index (χ0n) is 13.5. The van der Waals surface area contributed by atoms with Gasteiger partial charge in [0.05, 0.1) is 0 Å². The van der Waals surface area contributed by atoms with Gasteiger partial charge in [0, 0.05) is 18.9 Å². The van der Waals surface area contributed by atoms with Crippen molar-refractivity contribution in [3.05, 3.63) is 29.3 Å². The van der Waals surface area contributed by atoms with Crippen molar-refractivity contribution in [2.75, 3.05) is 13.3 Å². The molecule has 1 aromatic carbocycles. The Morgan fingerprint density at radius 1 is 0.947 bits per heavy atom. The van der Waals surface area contributed by atoms with Gasteiger partial charge >= 0.3 is 0 Å². The molecule has 1 aromatic rings. The van der Waals surface area contributed by atoms with Gasteiger partial charge in [0.2, 0.25) is 7.37 Å². The Morgan fingerprint density at radius 3 is 1.84 bits per heavy atom. The van der Waals surface area contributed by atoms with Crippen molar-refractivity contribution in [2.24, 2.45) is 0 Å². The predicted octanol–water partition coefficient (Wildman–Crippen LogP) is 5.20. The van der Waals surface area contributed by atoms with Crippen LogP contribution in [0.25, 0.3) is 0 Å². The minimum absolute atomic E-state index is 0.0359. The van der Waals surface area contributed by atoms with Crippen molar-refractivity contribution in [2.45, 2.75) is 52.4 Å². The van der Waals surface area contributed by atoms with Crippen LogP contribution in [0.15, 0.2) is 18.2 Å². The van der Waals surface area contributed by atoms with E-state index in [-0.39, 0.29) is 10.8 Å². The van der Waals surface area contributed by atoms with Gasteiger partial charge in [0.25, 0.3) is 0 Å². The molecule has 0 radical (unpaired) electrons. The average molecular weight is 282 g/mol. The van der Waals surface area contributed by atoms with Gasteiger partial charge in [-0.1, -0.05) is 53.7 Å². The molecule has 0 atom stereocenters. The first-order valence-corrected chi connectivity index (χ1v) is 9.22. The van der Waals surface area contributed by atoms with Crippen LogP contribution in [0.2, 0.25) is 0 Å². The zero-order valence-corrected chi connectivity index (χ0v) is 14.4. The Labute approximate surface area is 118 Å². The van der Waals surface area contributed by atoms with E-state index < -0.39 is 7.37 Å².